The number of rotatable bonds is 4. The number of aromatic nitrogens is 3. The molecule has 0 fully saturated rings. The third-order valence-corrected chi connectivity index (χ3v) is 5.44. The van der Waals surface area contributed by atoms with E-state index in [2.05, 4.69) is 32.6 Å². The fraction of sp³-hybridized carbons (Fsp3) is 0.0556. The quantitative estimate of drug-likeness (QED) is 0.386. The van der Waals surface area contributed by atoms with Crippen LogP contribution in [-0.2, 0) is 6.61 Å². The second-order valence-electron chi connectivity index (χ2n) is 5.36. The second-order valence-corrected chi connectivity index (χ2v) is 7.89. The summed E-state index contributed by atoms with van der Waals surface area (Å²) in [7, 11) is 0. The van der Waals surface area contributed by atoms with Gasteiger partial charge in [-0.15, -0.1) is 11.3 Å². The molecule has 2 aromatic heterocycles. The number of ether oxygens (including phenoxy) is 1. The molecule has 0 radical (unpaired) electrons. The molecule has 4 rings (SSSR count). The van der Waals surface area contributed by atoms with Crippen LogP contribution in [0.3, 0.4) is 0 Å². The van der Waals surface area contributed by atoms with E-state index in [4.69, 9.17) is 16.3 Å². The van der Waals surface area contributed by atoms with Gasteiger partial charge in [-0.1, -0.05) is 23.7 Å². The minimum Gasteiger partial charge on any atom is -0.484 e. The summed E-state index contributed by atoms with van der Waals surface area (Å²) in [6, 6.07) is 12.7. The van der Waals surface area contributed by atoms with Gasteiger partial charge in [0.1, 0.15) is 12.4 Å². The summed E-state index contributed by atoms with van der Waals surface area (Å²) in [5.41, 5.74) is 0.464. The number of para-hydroxylation sites is 1. The fourth-order valence-electron chi connectivity index (χ4n) is 2.53. The molecule has 8 heteroatoms. The highest BCUT2D eigenvalue weighted by Gasteiger charge is 2.15. The number of thiazole rings is 1. The zero-order chi connectivity index (χ0) is 18.1. The van der Waals surface area contributed by atoms with E-state index < -0.39 is 0 Å². The monoisotopic (exact) mass is 495 g/mol. The van der Waals surface area contributed by atoms with Gasteiger partial charge in [0.15, 0.2) is 11.0 Å². The Morgan fingerprint density at radius 2 is 2.08 bits per heavy atom. The zero-order valence-corrected chi connectivity index (χ0v) is 17.0. The number of hydrogen-bond acceptors (Lipinski definition) is 5. The molecule has 0 N–H and O–H groups in total. The van der Waals surface area contributed by atoms with Crippen LogP contribution in [0.2, 0.25) is 5.02 Å². The summed E-state index contributed by atoms with van der Waals surface area (Å²) in [4.78, 5) is 22.0. The van der Waals surface area contributed by atoms with Gasteiger partial charge in [-0.3, -0.25) is 4.79 Å². The highest BCUT2D eigenvalue weighted by Crippen LogP contribution is 2.24. The van der Waals surface area contributed by atoms with Gasteiger partial charge in [0.2, 0.25) is 0 Å². The van der Waals surface area contributed by atoms with Gasteiger partial charge in [-0.25, -0.2) is 14.5 Å². The van der Waals surface area contributed by atoms with Gasteiger partial charge in [0.05, 0.1) is 15.9 Å². The van der Waals surface area contributed by atoms with Crippen molar-refractivity contribution >= 4 is 56.4 Å². The Balaban J connectivity index is 1.85. The first-order chi connectivity index (χ1) is 12.6. The van der Waals surface area contributed by atoms with Crippen molar-refractivity contribution in [3.05, 3.63) is 78.8 Å². The first kappa shape index (κ1) is 17.4. The van der Waals surface area contributed by atoms with Gasteiger partial charge in [-0.2, -0.15) is 0 Å². The van der Waals surface area contributed by atoms with E-state index in [1.165, 1.54) is 15.9 Å². The molecule has 0 saturated heterocycles. The largest absolute Gasteiger partial charge is 0.484 e. The summed E-state index contributed by atoms with van der Waals surface area (Å²) in [5, 5.41) is 3.42. The number of nitrogens with zero attached hydrogens (tertiary/aromatic N) is 3. The SMILES string of the molecule is O=c1c2ccc(I)cc2nc(COc2ccccc2Cl)n1-c1nccs1. The normalized spacial score (nSPS) is 11.0. The molecule has 0 unspecified atom stereocenters. The van der Waals surface area contributed by atoms with Crippen LogP contribution in [-0.4, -0.2) is 14.5 Å². The van der Waals surface area contributed by atoms with Crippen LogP contribution in [0.1, 0.15) is 5.82 Å². The summed E-state index contributed by atoms with van der Waals surface area (Å²) in [6.07, 6.45) is 1.66. The van der Waals surface area contributed by atoms with E-state index in [0.29, 0.717) is 32.6 Å². The van der Waals surface area contributed by atoms with Crippen molar-refractivity contribution in [2.75, 3.05) is 0 Å². The van der Waals surface area contributed by atoms with Crippen molar-refractivity contribution in [2.24, 2.45) is 0 Å². The molecular formula is C18H11ClIN3O2S. The number of fused-ring (bicyclic) bond motifs is 1. The number of hydrogen-bond donors (Lipinski definition) is 0. The van der Waals surface area contributed by atoms with Crippen LogP contribution in [0.15, 0.2) is 58.8 Å². The Bertz CT molecular complexity index is 1150. The van der Waals surface area contributed by atoms with Crippen molar-refractivity contribution in [1.82, 2.24) is 14.5 Å². The molecule has 2 aromatic carbocycles. The molecule has 26 heavy (non-hydrogen) atoms. The van der Waals surface area contributed by atoms with Crippen molar-refractivity contribution in [2.45, 2.75) is 6.61 Å². The minimum atomic E-state index is -0.167. The van der Waals surface area contributed by atoms with Gasteiger partial charge in [0, 0.05) is 15.1 Å². The maximum absolute atomic E-state index is 13.0. The van der Waals surface area contributed by atoms with Gasteiger partial charge < -0.3 is 4.74 Å². The van der Waals surface area contributed by atoms with Gasteiger partial charge in [-0.05, 0) is 52.9 Å². The molecule has 0 bridgehead atoms. The van der Waals surface area contributed by atoms with E-state index in [1.54, 1.807) is 24.4 Å². The van der Waals surface area contributed by atoms with Gasteiger partial charge in [0.25, 0.3) is 5.56 Å². The summed E-state index contributed by atoms with van der Waals surface area (Å²) >= 11 is 9.72. The molecule has 5 nitrogen and oxygen atoms in total. The lowest BCUT2D eigenvalue weighted by Gasteiger charge is -2.13. The zero-order valence-electron chi connectivity index (χ0n) is 13.2. The standard InChI is InChI=1S/C18H11ClIN3O2S/c19-13-3-1-2-4-15(13)25-10-16-22-14-9-11(20)5-6-12(14)17(24)23(16)18-21-7-8-26-18/h1-9H,10H2. The van der Waals surface area contributed by atoms with Crippen LogP contribution < -0.4 is 10.3 Å². The van der Waals surface area contributed by atoms with E-state index in [9.17, 15) is 4.79 Å². The average Bonchev–Trinajstić information content (AvgIpc) is 3.15. The van der Waals surface area contributed by atoms with Crippen molar-refractivity contribution < 1.29 is 4.74 Å². The molecule has 0 atom stereocenters. The van der Waals surface area contributed by atoms with Crippen LogP contribution in [0.4, 0.5) is 0 Å². The van der Waals surface area contributed by atoms with E-state index in [-0.39, 0.29) is 12.2 Å². The molecule has 0 saturated carbocycles. The average molecular weight is 496 g/mol. The van der Waals surface area contributed by atoms with Crippen LogP contribution in [0, 0.1) is 3.57 Å². The number of halogens is 2. The van der Waals surface area contributed by atoms with Crippen LogP contribution in [0.5, 0.6) is 5.75 Å². The Labute approximate surface area is 171 Å². The Morgan fingerprint density at radius 3 is 2.85 bits per heavy atom. The summed E-state index contributed by atoms with van der Waals surface area (Å²) < 4.78 is 8.32. The predicted molar refractivity (Wildman–Crippen MR) is 112 cm³/mol. The minimum absolute atomic E-state index is 0.0972. The van der Waals surface area contributed by atoms with Crippen LogP contribution in [0.25, 0.3) is 16.0 Å². The maximum atomic E-state index is 13.0. The summed E-state index contributed by atoms with van der Waals surface area (Å²) in [5.74, 6) is 1.01. The Morgan fingerprint density at radius 1 is 1.23 bits per heavy atom. The van der Waals surface area contributed by atoms with Gasteiger partial charge >= 0.3 is 0 Å². The first-order valence-electron chi connectivity index (χ1n) is 7.62. The first-order valence-corrected chi connectivity index (χ1v) is 9.95. The van der Waals surface area contributed by atoms with Crippen molar-refractivity contribution in [1.29, 1.82) is 0 Å². The highest BCUT2D eigenvalue weighted by atomic mass is 127. The molecule has 2 heterocycles. The predicted octanol–water partition coefficient (Wildman–Crippen LogP) is 4.68. The third-order valence-electron chi connectivity index (χ3n) is 3.70. The molecule has 0 aliphatic carbocycles. The second kappa shape index (κ2) is 7.34. The smallest absolute Gasteiger partial charge is 0.267 e. The summed E-state index contributed by atoms with van der Waals surface area (Å²) in [6.45, 7) is 0.0972. The molecule has 4 aromatic rings. The maximum Gasteiger partial charge on any atom is 0.267 e. The van der Waals surface area contributed by atoms with Crippen molar-refractivity contribution in [3.63, 3.8) is 0 Å². The topological polar surface area (TPSA) is 57.0 Å². The van der Waals surface area contributed by atoms with E-state index in [1.807, 2.05) is 29.6 Å². The van der Waals surface area contributed by atoms with E-state index >= 15 is 0 Å². The molecular weight excluding hydrogens is 485 g/mol. The highest BCUT2D eigenvalue weighted by molar-refractivity contribution is 14.1. The lowest BCUT2D eigenvalue weighted by molar-refractivity contribution is 0.292. The van der Waals surface area contributed by atoms with Crippen LogP contribution >= 0.6 is 45.5 Å². The molecule has 0 aliphatic heterocycles. The lowest BCUT2D eigenvalue weighted by atomic mass is 10.2. The van der Waals surface area contributed by atoms with Crippen molar-refractivity contribution in [3.8, 4) is 10.9 Å². The van der Waals surface area contributed by atoms with E-state index in [0.717, 1.165) is 3.57 Å². The molecule has 0 spiro atoms. The fourth-order valence-corrected chi connectivity index (χ4v) is 3.85. The lowest BCUT2D eigenvalue weighted by Crippen LogP contribution is -2.25. The Hall–Kier alpha value is -1.97. The third kappa shape index (κ3) is 3.34. The number of benzene rings is 2. The Kier molecular flexibility index (Phi) is 4.92. The molecule has 0 amide bonds. The molecule has 130 valence electrons. The molecule has 0 aliphatic rings.